The molecule has 5 heteroatoms. The Balaban J connectivity index is 2.15. The lowest BCUT2D eigenvalue weighted by Gasteiger charge is -2.17. The Morgan fingerprint density at radius 3 is 2.84 bits per heavy atom. The van der Waals surface area contributed by atoms with Crippen LogP contribution >= 0.6 is 27.3 Å². The Labute approximate surface area is 126 Å². The highest BCUT2D eigenvalue weighted by Crippen LogP contribution is 2.26. The van der Waals surface area contributed by atoms with Gasteiger partial charge in [-0.2, -0.15) is 0 Å². The number of nitrogens with zero attached hydrogens (tertiary/aromatic N) is 2. The first-order valence-corrected chi connectivity index (χ1v) is 8.07. The van der Waals surface area contributed by atoms with E-state index >= 15 is 0 Å². The molecule has 0 saturated heterocycles. The maximum Gasteiger partial charge on any atom is 0.125 e. The van der Waals surface area contributed by atoms with Crippen molar-refractivity contribution < 1.29 is 0 Å². The fraction of sp³-hybridized carbons (Fsp3) is 0.429. The van der Waals surface area contributed by atoms with Crippen LogP contribution in [0.5, 0.6) is 0 Å². The molecular weight excluding hydrogens is 322 g/mol. The quantitative estimate of drug-likeness (QED) is 0.867. The van der Waals surface area contributed by atoms with Gasteiger partial charge in [0, 0.05) is 17.5 Å². The Bertz CT molecular complexity index is 527. The van der Waals surface area contributed by atoms with E-state index in [-0.39, 0.29) is 6.04 Å². The summed E-state index contributed by atoms with van der Waals surface area (Å²) in [7, 11) is 0. The number of rotatable bonds is 6. The zero-order valence-electron chi connectivity index (χ0n) is 11.2. The molecule has 0 bridgehead atoms. The SMILES string of the molecule is CCCNC(Cc1ccc(Br)s1)c1ccnc(C)n1. The molecular formula is C14H18BrN3S. The first kappa shape index (κ1) is 14.6. The van der Waals surface area contributed by atoms with E-state index in [1.165, 1.54) is 8.66 Å². The molecule has 0 fully saturated rings. The van der Waals surface area contributed by atoms with Crippen LogP contribution in [0.15, 0.2) is 28.2 Å². The zero-order chi connectivity index (χ0) is 13.7. The van der Waals surface area contributed by atoms with Crippen LogP contribution in [0.25, 0.3) is 0 Å². The fourth-order valence-electron chi connectivity index (χ4n) is 1.93. The highest BCUT2D eigenvalue weighted by Gasteiger charge is 2.14. The maximum absolute atomic E-state index is 4.55. The first-order chi connectivity index (χ1) is 9.19. The van der Waals surface area contributed by atoms with Gasteiger partial charge >= 0.3 is 0 Å². The van der Waals surface area contributed by atoms with E-state index in [0.717, 1.165) is 30.9 Å². The summed E-state index contributed by atoms with van der Waals surface area (Å²) in [4.78, 5) is 10.1. The maximum atomic E-state index is 4.55. The lowest BCUT2D eigenvalue weighted by molar-refractivity contribution is 0.518. The summed E-state index contributed by atoms with van der Waals surface area (Å²) in [5, 5.41) is 3.57. The van der Waals surface area contributed by atoms with E-state index in [4.69, 9.17) is 0 Å². The van der Waals surface area contributed by atoms with Gasteiger partial charge in [-0.15, -0.1) is 11.3 Å². The van der Waals surface area contributed by atoms with Gasteiger partial charge in [0.05, 0.1) is 15.5 Å². The third kappa shape index (κ3) is 4.37. The molecule has 2 heterocycles. The van der Waals surface area contributed by atoms with Crippen molar-refractivity contribution in [2.45, 2.75) is 32.7 Å². The molecule has 0 aliphatic carbocycles. The van der Waals surface area contributed by atoms with Gasteiger partial charge in [-0.05, 0) is 54.0 Å². The molecule has 2 aromatic heterocycles. The highest BCUT2D eigenvalue weighted by atomic mass is 79.9. The van der Waals surface area contributed by atoms with Gasteiger partial charge in [0.15, 0.2) is 0 Å². The second-order valence-corrected chi connectivity index (χ2v) is 6.99. The first-order valence-electron chi connectivity index (χ1n) is 6.46. The Hall–Kier alpha value is -0.780. The Morgan fingerprint density at radius 2 is 2.21 bits per heavy atom. The van der Waals surface area contributed by atoms with Crippen LogP contribution in [0.3, 0.4) is 0 Å². The number of hydrogen-bond acceptors (Lipinski definition) is 4. The van der Waals surface area contributed by atoms with Crippen LogP contribution in [0.4, 0.5) is 0 Å². The molecule has 1 atom stereocenters. The third-order valence-electron chi connectivity index (χ3n) is 2.83. The standard InChI is InChI=1S/C14H18BrN3S/c1-3-7-17-13(9-11-4-5-14(15)19-11)12-6-8-16-10(2)18-12/h4-6,8,13,17H,3,7,9H2,1-2H3. The highest BCUT2D eigenvalue weighted by molar-refractivity contribution is 9.11. The smallest absolute Gasteiger partial charge is 0.125 e. The minimum atomic E-state index is 0.257. The van der Waals surface area contributed by atoms with Crippen molar-refractivity contribution in [2.24, 2.45) is 0 Å². The number of halogens is 1. The van der Waals surface area contributed by atoms with Crippen molar-refractivity contribution in [1.29, 1.82) is 0 Å². The van der Waals surface area contributed by atoms with Crippen LogP contribution in [0, 0.1) is 6.92 Å². The van der Waals surface area contributed by atoms with E-state index in [9.17, 15) is 0 Å². The molecule has 0 aromatic carbocycles. The Kier molecular flexibility index (Phi) is 5.48. The van der Waals surface area contributed by atoms with Gasteiger partial charge in [-0.3, -0.25) is 0 Å². The van der Waals surface area contributed by atoms with Gasteiger partial charge in [-0.1, -0.05) is 6.92 Å². The Morgan fingerprint density at radius 1 is 1.37 bits per heavy atom. The van der Waals surface area contributed by atoms with Gasteiger partial charge in [-0.25, -0.2) is 9.97 Å². The number of aromatic nitrogens is 2. The third-order valence-corrected chi connectivity index (χ3v) is 4.48. The average molecular weight is 340 g/mol. The lowest BCUT2D eigenvalue weighted by atomic mass is 10.1. The van der Waals surface area contributed by atoms with Crippen LogP contribution in [-0.4, -0.2) is 16.5 Å². The molecule has 0 radical (unpaired) electrons. The van der Waals surface area contributed by atoms with Gasteiger partial charge in [0.1, 0.15) is 5.82 Å². The zero-order valence-corrected chi connectivity index (χ0v) is 13.6. The van der Waals surface area contributed by atoms with Crippen molar-refractivity contribution in [3.05, 3.63) is 44.6 Å². The largest absolute Gasteiger partial charge is 0.308 e. The van der Waals surface area contributed by atoms with Crippen molar-refractivity contribution in [3.8, 4) is 0 Å². The fourth-order valence-corrected chi connectivity index (χ4v) is 3.46. The van der Waals surface area contributed by atoms with Crippen LogP contribution < -0.4 is 5.32 Å². The molecule has 2 rings (SSSR count). The molecule has 1 unspecified atom stereocenters. The summed E-state index contributed by atoms with van der Waals surface area (Å²) in [5.41, 5.74) is 1.07. The lowest BCUT2D eigenvalue weighted by Crippen LogP contribution is -2.25. The number of thiophene rings is 1. The van der Waals surface area contributed by atoms with Crippen molar-refractivity contribution in [1.82, 2.24) is 15.3 Å². The van der Waals surface area contributed by atoms with E-state index in [0.29, 0.717) is 0 Å². The van der Waals surface area contributed by atoms with E-state index in [2.05, 4.69) is 50.3 Å². The van der Waals surface area contributed by atoms with Crippen molar-refractivity contribution >= 4 is 27.3 Å². The van der Waals surface area contributed by atoms with Crippen LogP contribution in [0.1, 0.15) is 35.8 Å². The summed E-state index contributed by atoms with van der Waals surface area (Å²) in [6, 6.07) is 6.53. The topological polar surface area (TPSA) is 37.8 Å². The predicted molar refractivity (Wildman–Crippen MR) is 83.5 cm³/mol. The van der Waals surface area contributed by atoms with Crippen molar-refractivity contribution in [2.75, 3.05) is 6.54 Å². The molecule has 19 heavy (non-hydrogen) atoms. The summed E-state index contributed by atoms with van der Waals surface area (Å²) >= 11 is 5.30. The van der Waals surface area contributed by atoms with Gasteiger partial charge < -0.3 is 5.32 Å². The van der Waals surface area contributed by atoms with Crippen LogP contribution in [-0.2, 0) is 6.42 Å². The van der Waals surface area contributed by atoms with Crippen molar-refractivity contribution in [3.63, 3.8) is 0 Å². The molecule has 0 saturated carbocycles. The number of aryl methyl sites for hydroxylation is 1. The number of hydrogen-bond donors (Lipinski definition) is 1. The molecule has 0 aliphatic heterocycles. The molecule has 2 aromatic rings. The van der Waals surface area contributed by atoms with E-state index in [1.54, 1.807) is 11.3 Å². The summed E-state index contributed by atoms with van der Waals surface area (Å²) < 4.78 is 1.18. The van der Waals surface area contributed by atoms with Gasteiger partial charge in [0.25, 0.3) is 0 Å². The van der Waals surface area contributed by atoms with E-state index < -0.39 is 0 Å². The molecule has 0 spiro atoms. The summed E-state index contributed by atoms with van der Waals surface area (Å²) in [5.74, 6) is 0.827. The molecule has 0 amide bonds. The van der Waals surface area contributed by atoms with E-state index in [1.807, 2.05) is 19.2 Å². The minimum absolute atomic E-state index is 0.257. The van der Waals surface area contributed by atoms with Gasteiger partial charge in [0.2, 0.25) is 0 Å². The molecule has 3 nitrogen and oxygen atoms in total. The monoisotopic (exact) mass is 339 g/mol. The second kappa shape index (κ2) is 7.12. The predicted octanol–water partition coefficient (Wildman–Crippen LogP) is 3.89. The average Bonchev–Trinajstić information content (AvgIpc) is 2.80. The second-order valence-electron chi connectivity index (χ2n) is 4.45. The van der Waals surface area contributed by atoms with Crippen LogP contribution in [0.2, 0.25) is 0 Å². The molecule has 102 valence electrons. The summed E-state index contributed by atoms with van der Waals surface area (Å²) in [6.45, 7) is 5.11. The molecule has 0 aliphatic rings. The molecule has 1 N–H and O–H groups in total. The minimum Gasteiger partial charge on any atom is -0.308 e. The summed E-state index contributed by atoms with van der Waals surface area (Å²) in [6.07, 6.45) is 3.92. The number of nitrogens with one attached hydrogen (secondary N) is 1. The normalized spacial score (nSPS) is 12.6.